The number of carbonyl (C=O) groups is 1. The van der Waals surface area contributed by atoms with Gasteiger partial charge in [-0.25, -0.2) is 4.79 Å². The summed E-state index contributed by atoms with van der Waals surface area (Å²) in [6.45, 7) is 4.59. The van der Waals surface area contributed by atoms with Crippen LogP contribution in [0.5, 0.6) is 0 Å². The molecule has 2 saturated heterocycles. The number of ether oxygens (including phenoxy) is 2. The van der Waals surface area contributed by atoms with E-state index >= 15 is 0 Å². The molecule has 2 aliphatic heterocycles. The molecule has 9 rings (SSSR count). The Morgan fingerprint density at radius 2 is 1.41 bits per heavy atom. The van der Waals surface area contributed by atoms with Gasteiger partial charge in [0.1, 0.15) is 0 Å². The summed E-state index contributed by atoms with van der Waals surface area (Å²) in [7, 11) is 0. The second-order valence-electron chi connectivity index (χ2n) is 15.7. The fourth-order valence-corrected chi connectivity index (χ4v) is 9.82. The monoisotopic (exact) mass is 695 g/mol. The Bertz CT molecular complexity index is 1640. The molecule has 3 N–H and O–H groups in total. The number of carbonyl (C=O) groups excluding carboxylic acids is 1. The first kappa shape index (κ1) is 34.1. The molecule has 51 heavy (non-hydrogen) atoms. The van der Waals surface area contributed by atoms with Crippen molar-refractivity contribution in [3.63, 3.8) is 0 Å². The molecule has 0 radical (unpaired) electrons. The van der Waals surface area contributed by atoms with Gasteiger partial charge in [-0.15, -0.1) is 0 Å². The smallest absolute Gasteiger partial charge is 0.315 e. The number of aliphatic hydroxyl groups excluding tert-OH is 1. The number of hydrogen-bond acceptors (Lipinski definition) is 8. The molecule has 0 spiro atoms. The summed E-state index contributed by atoms with van der Waals surface area (Å²) in [6, 6.07) is 22.8. The van der Waals surface area contributed by atoms with Crippen LogP contribution in [0.4, 0.5) is 16.2 Å². The topological polar surface area (TPSA) is 129 Å². The maximum Gasteiger partial charge on any atom is 0.315 e. The second-order valence-corrected chi connectivity index (χ2v) is 15.7. The van der Waals surface area contributed by atoms with Gasteiger partial charge in [0.15, 0.2) is 6.29 Å². The Hall–Kier alpha value is -4.03. The van der Waals surface area contributed by atoms with E-state index in [1.165, 1.54) is 19.3 Å². The summed E-state index contributed by atoms with van der Waals surface area (Å²) in [5.74, 6) is 2.35. The Kier molecular flexibility index (Phi) is 9.71. The van der Waals surface area contributed by atoms with Gasteiger partial charge in [0.05, 0.1) is 23.7 Å². The molecule has 270 valence electrons. The van der Waals surface area contributed by atoms with Crippen molar-refractivity contribution < 1.29 is 24.3 Å². The number of piperazine rings is 1. The van der Waals surface area contributed by atoms with Crippen molar-refractivity contribution in [2.75, 3.05) is 37.6 Å². The summed E-state index contributed by atoms with van der Waals surface area (Å²) >= 11 is 0. The van der Waals surface area contributed by atoms with Crippen LogP contribution in [-0.4, -0.2) is 65.3 Å². The first-order chi connectivity index (χ1) is 24.8. The van der Waals surface area contributed by atoms with Crippen LogP contribution in [0.15, 0.2) is 72.8 Å². The minimum absolute atomic E-state index is 0.00283. The summed E-state index contributed by atoms with van der Waals surface area (Å²) < 4.78 is 13.2. The van der Waals surface area contributed by atoms with E-state index in [2.05, 4.69) is 20.4 Å². The van der Waals surface area contributed by atoms with Gasteiger partial charge in [-0.2, -0.15) is 0 Å². The highest BCUT2D eigenvalue weighted by Crippen LogP contribution is 2.55. The molecule has 4 aliphatic carbocycles. The minimum atomic E-state index is -0.547. The Morgan fingerprint density at radius 1 is 0.804 bits per heavy atom. The van der Waals surface area contributed by atoms with E-state index in [0.29, 0.717) is 13.0 Å². The largest absolute Gasteiger partial charge is 0.392 e. The fraction of sp³-hybridized carbons (Fsp3) is 0.525. The van der Waals surface area contributed by atoms with E-state index in [0.717, 1.165) is 97.7 Å². The van der Waals surface area contributed by atoms with Crippen LogP contribution < -0.4 is 15.5 Å². The van der Waals surface area contributed by atoms with Gasteiger partial charge < -0.3 is 30.1 Å². The number of nitrogens with zero attached hydrogens (tertiary/aromatic N) is 3. The quantitative estimate of drug-likeness (QED) is 0.168. The summed E-state index contributed by atoms with van der Waals surface area (Å²) in [5, 5.41) is 27.2. The average Bonchev–Trinajstić information content (AvgIpc) is 3.14. The molecule has 2 amide bonds. The number of nitro benzene ring substituents is 1. The van der Waals surface area contributed by atoms with Crippen molar-refractivity contribution in [1.29, 1.82) is 0 Å². The molecule has 3 aromatic carbocycles. The van der Waals surface area contributed by atoms with Crippen LogP contribution in [0.3, 0.4) is 0 Å². The molecule has 6 aliphatic rings. The van der Waals surface area contributed by atoms with E-state index in [-0.39, 0.29) is 41.0 Å². The van der Waals surface area contributed by atoms with Crippen molar-refractivity contribution in [2.45, 2.75) is 82.1 Å². The lowest BCUT2D eigenvalue weighted by Crippen LogP contribution is -2.61. The Balaban J connectivity index is 0.887. The molecule has 0 aromatic heterocycles. The van der Waals surface area contributed by atoms with E-state index in [1.54, 1.807) is 12.1 Å². The number of rotatable bonds is 10. The highest BCUT2D eigenvalue weighted by molar-refractivity contribution is 5.75. The number of urea groups is 1. The number of amides is 2. The number of aliphatic hydroxyl groups is 1. The number of anilines is 1. The summed E-state index contributed by atoms with van der Waals surface area (Å²) in [5.41, 5.74) is 4.96. The van der Waals surface area contributed by atoms with E-state index < -0.39 is 6.29 Å². The maximum absolute atomic E-state index is 13.0. The van der Waals surface area contributed by atoms with Crippen molar-refractivity contribution in [2.24, 2.45) is 17.8 Å². The standard InChI is InChI=1S/C40H49N5O6/c46-26-28-3-5-32(6-4-28)37-20-36(25-43-13-15-44(16-14-43)34-9-11-35(12-10-34)45(48)49)50-38(51-37)33-7-1-27(2-8-33)24-41-39(47)42-40-21-29-17-30(22-40)19-31(18-29)23-40/h1-12,29-31,36-38,46H,13-26H2,(H2,41,42,47). The first-order valence-corrected chi connectivity index (χ1v) is 18.7. The van der Waals surface area contributed by atoms with Crippen molar-refractivity contribution >= 4 is 17.4 Å². The number of nitro groups is 1. The molecule has 4 saturated carbocycles. The lowest BCUT2D eigenvalue weighted by molar-refractivity contribution is -0.384. The molecule has 4 bridgehead atoms. The molecule has 3 aromatic rings. The third-order valence-corrected chi connectivity index (χ3v) is 12.0. The van der Waals surface area contributed by atoms with Crippen molar-refractivity contribution in [3.05, 3.63) is 105 Å². The predicted octanol–water partition coefficient (Wildman–Crippen LogP) is 6.22. The van der Waals surface area contributed by atoms with Gasteiger partial charge in [-0.1, -0.05) is 48.5 Å². The van der Waals surface area contributed by atoms with E-state index in [9.17, 15) is 20.0 Å². The number of nitrogens with one attached hydrogen (secondary N) is 2. The van der Waals surface area contributed by atoms with Gasteiger partial charge in [0.25, 0.3) is 5.69 Å². The first-order valence-electron chi connectivity index (χ1n) is 18.7. The zero-order valence-electron chi connectivity index (χ0n) is 29.1. The van der Waals surface area contributed by atoms with E-state index in [1.807, 2.05) is 60.7 Å². The fourth-order valence-electron chi connectivity index (χ4n) is 9.82. The zero-order valence-corrected chi connectivity index (χ0v) is 29.1. The third kappa shape index (κ3) is 7.77. The van der Waals surface area contributed by atoms with E-state index in [4.69, 9.17) is 9.47 Å². The van der Waals surface area contributed by atoms with Gasteiger partial charge in [0.2, 0.25) is 0 Å². The van der Waals surface area contributed by atoms with Crippen LogP contribution in [0.1, 0.15) is 79.6 Å². The van der Waals surface area contributed by atoms with Crippen molar-refractivity contribution in [3.8, 4) is 0 Å². The predicted molar refractivity (Wildman–Crippen MR) is 193 cm³/mol. The van der Waals surface area contributed by atoms with Crippen molar-refractivity contribution in [1.82, 2.24) is 15.5 Å². The second kappa shape index (κ2) is 14.5. The van der Waals surface area contributed by atoms with Gasteiger partial charge in [-0.3, -0.25) is 15.0 Å². The Morgan fingerprint density at radius 3 is 2.02 bits per heavy atom. The number of benzene rings is 3. The van der Waals surface area contributed by atoms with Crippen LogP contribution >= 0.6 is 0 Å². The zero-order chi connectivity index (χ0) is 35.0. The van der Waals surface area contributed by atoms with Crippen LogP contribution in [0, 0.1) is 27.9 Å². The lowest BCUT2D eigenvalue weighted by atomic mass is 9.53. The highest BCUT2D eigenvalue weighted by atomic mass is 16.7. The van der Waals surface area contributed by atoms with Crippen LogP contribution in [-0.2, 0) is 22.6 Å². The van der Waals surface area contributed by atoms with Gasteiger partial charge in [-0.05, 0) is 85.1 Å². The number of non-ortho nitro benzene ring substituents is 1. The molecule has 3 unspecified atom stereocenters. The lowest BCUT2D eigenvalue weighted by Gasteiger charge is -2.56. The van der Waals surface area contributed by atoms with Gasteiger partial charge in [0, 0.05) is 74.6 Å². The summed E-state index contributed by atoms with van der Waals surface area (Å²) in [4.78, 5) is 28.4. The maximum atomic E-state index is 13.0. The van der Waals surface area contributed by atoms with Crippen LogP contribution in [0.25, 0.3) is 0 Å². The molecule has 2 heterocycles. The summed E-state index contributed by atoms with van der Waals surface area (Å²) in [6.07, 6.45) is 7.38. The molecule has 3 atom stereocenters. The molecule has 6 fully saturated rings. The third-order valence-electron chi connectivity index (χ3n) is 12.0. The average molecular weight is 696 g/mol. The molecular formula is C40H49N5O6. The normalized spacial score (nSPS) is 30.3. The Labute approximate surface area is 299 Å². The van der Waals surface area contributed by atoms with Crippen LogP contribution in [0.2, 0.25) is 0 Å². The molecule has 11 nitrogen and oxygen atoms in total. The number of hydrogen-bond donors (Lipinski definition) is 3. The molecular weight excluding hydrogens is 646 g/mol. The highest BCUT2D eigenvalue weighted by Gasteiger charge is 2.51. The van der Waals surface area contributed by atoms with Gasteiger partial charge >= 0.3 is 6.03 Å². The minimum Gasteiger partial charge on any atom is -0.392 e. The molecule has 11 heteroatoms. The SMILES string of the molecule is O=C(NCc1ccc(C2OC(CN3CCN(c4ccc([N+](=O)[O-])cc4)CC3)CC(c3ccc(CO)cc3)O2)cc1)NC12CC3CC(CC(C3)C1)C2.